The van der Waals surface area contributed by atoms with Crippen molar-refractivity contribution >= 4 is 6.29 Å². The van der Waals surface area contributed by atoms with Gasteiger partial charge in [0, 0.05) is 11.8 Å². The van der Waals surface area contributed by atoms with Crippen LogP contribution in [0.1, 0.15) is 13.3 Å². The summed E-state index contributed by atoms with van der Waals surface area (Å²) >= 11 is 0. The lowest BCUT2D eigenvalue weighted by Gasteiger charge is -1.84. The van der Waals surface area contributed by atoms with Gasteiger partial charge in [0.15, 0.2) is 0 Å². The van der Waals surface area contributed by atoms with Gasteiger partial charge in [0.05, 0.1) is 0 Å². The van der Waals surface area contributed by atoms with E-state index >= 15 is 0 Å². The summed E-state index contributed by atoms with van der Waals surface area (Å²) in [6.07, 6.45) is 2.81. The third-order valence-corrected chi connectivity index (χ3v) is 0.774. The Labute approximate surface area is 43.0 Å². The molecular weight excluding hydrogens is 90.1 g/mol. The van der Waals surface area contributed by atoms with Crippen LogP contribution in [0.15, 0.2) is 11.8 Å². The zero-order valence-electron chi connectivity index (χ0n) is 4.35. The van der Waals surface area contributed by atoms with Crippen LogP contribution in [0.2, 0.25) is 0 Å². The van der Waals surface area contributed by atoms with E-state index < -0.39 is 0 Å². The fraction of sp³-hybridized carbons (Fsp3) is 0.400. The van der Waals surface area contributed by atoms with Crippen LogP contribution in [0.25, 0.3) is 0 Å². The lowest BCUT2D eigenvalue weighted by molar-refractivity contribution is -0.105. The summed E-state index contributed by atoms with van der Waals surface area (Å²) in [6.45, 7) is 1.88. The Morgan fingerprint density at radius 3 is 2.43 bits per heavy atom. The second-order valence-corrected chi connectivity index (χ2v) is 1.21. The van der Waals surface area contributed by atoms with E-state index in [0.717, 1.165) is 12.7 Å². The molecule has 7 heavy (non-hydrogen) atoms. The molecule has 40 valence electrons. The Morgan fingerprint density at radius 1 is 1.86 bits per heavy atom. The molecular formula is C5H9NO. The van der Waals surface area contributed by atoms with E-state index in [1.807, 2.05) is 6.92 Å². The lowest BCUT2D eigenvalue weighted by Crippen LogP contribution is -1.87. The minimum absolute atomic E-state index is 0.653. The average Bonchev–Trinajstić information content (AvgIpc) is 1.72. The van der Waals surface area contributed by atoms with Crippen LogP contribution in [0.4, 0.5) is 0 Å². The van der Waals surface area contributed by atoms with E-state index in [1.54, 1.807) is 0 Å². The van der Waals surface area contributed by atoms with Crippen molar-refractivity contribution in [3.8, 4) is 0 Å². The maximum Gasteiger partial charge on any atom is 0.147 e. The second kappa shape index (κ2) is 3.40. The molecule has 0 aliphatic carbocycles. The fourth-order valence-corrected chi connectivity index (χ4v) is 0.240. The quantitative estimate of drug-likeness (QED) is 0.403. The predicted molar refractivity (Wildman–Crippen MR) is 28.6 cm³/mol. The monoisotopic (exact) mass is 99.1 g/mol. The molecule has 0 aromatic heterocycles. The molecule has 0 radical (unpaired) electrons. The molecule has 0 aromatic rings. The minimum atomic E-state index is 0.653. The SMILES string of the molecule is CC/C(C=O)=C/N. The van der Waals surface area contributed by atoms with Crippen LogP contribution in [0, 0.1) is 0 Å². The van der Waals surface area contributed by atoms with Gasteiger partial charge >= 0.3 is 0 Å². The van der Waals surface area contributed by atoms with Crippen LogP contribution in [0.5, 0.6) is 0 Å². The van der Waals surface area contributed by atoms with Gasteiger partial charge in [0.2, 0.25) is 0 Å². The third kappa shape index (κ3) is 1.98. The highest BCUT2D eigenvalue weighted by Crippen LogP contribution is 1.89. The molecule has 0 saturated carbocycles. The zero-order chi connectivity index (χ0) is 5.70. The molecule has 0 saturated heterocycles. The Kier molecular flexibility index (Phi) is 3.02. The molecule has 0 aliphatic heterocycles. The highest BCUT2D eigenvalue weighted by molar-refractivity contribution is 5.72. The van der Waals surface area contributed by atoms with E-state index in [4.69, 9.17) is 5.73 Å². The van der Waals surface area contributed by atoms with Gasteiger partial charge in [-0.1, -0.05) is 6.92 Å². The molecule has 2 N–H and O–H groups in total. The summed E-state index contributed by atoms with van der Waals surface area (Å²) in [7, 11) is 0. The molecule has 0 heterocycles. The normalized spacial score (nSPS) is 11.3. The first-order chi connectivity index (χ1) is 3.35. The van der Waals surface area contributed by atoms with Crippen LogP contribution in [-0.4, -0.2) is 6.29 Å². The van der Waals surface area contributed by atoms with E-state index in [0.29, 0.717) is 5.57 Å². The van der Waals surface area contributed by atoms with E-state index in [9.17, 15) is 4.79 Å². The van der Waals surface area contributed by atoms with Gasteiger partial charge in [-0.3, -0.25) is 4.79 Å². The zero-order valence-corrected chi connectivity index (χ0v) is 4.35. The highest BCUT2D eigenvalue weighted by Gasteiger charge is 1.83. The Morgan fingerprint density at radius 2 is 2.43 bits per heavy atom. The summed E-state index contributed by atoms with van der Waals surface area (Å²) in [5.74, 6) is 0. The largest absolute Gasteiger partial charge is 0.404 e. The molecule has 0 rings (SSSR count). The number of aldehydes is 1. The number of hydrogen-bond donors (Lipinski definition) is 1. The van der Waals surface area contributed by atoms with Crippen molar-refractivity contribution in [1.29, 1.82) is 0 Å². The number of allylic oxidation sites excluding steroid dienone is 1. The molecule has 0 amide bonds. The van der Waals surface area contributed by atoms with E-state index in [2.05, 4.69) is 0 Å². The van der Waals surface area contributed by atoms with Crippen molar-refractivity contribution in [1.82, 2.24) is 0 Å². The highest BCUT2D eigenvalue weighted by atomic mass is 16.1. The first-order valence-corrected chi connectivity index (χ1v) is 2.21. The summed E-state index contributed by atoms with van der Waals surface area (Å²) in [5, 5.41) is 0. The van der Waals surface area contributed by atoms with Crippen molar-refractivity contribution in [3.05, 3.63) is 11.8 Å². The Balaban J connectivity index is 3.60. The molecule has 0 fully saturated rings. The van der Waals surface area contributed by atoms with Gasteiger partial charge in [0.1, 0.15) is 6.29 Å². The van der Waals surface area contributed by atoms with Gasteiger partial charge < -0.3 is 5.73 Å². The number of hydrogen-bond acceptors (Lipinski definition) is 2. The minimum Gasteiger partial charge on any atom is -0.404 e. The van der Waals surface area contributed by atoms with Gasteiger partial charge in [0.25, 0.3) is 0 Å². The van der Waals surface area contributed by atoms with Crippen molar-refractivity contribution in [2.75, 3.05) is 0 Å². The van der Waals surface area contributed by atoms with Crippen molar-refractivity contribution in [3.63, 3.8) is 0 Å². The Hall–Kier alpha value is -0.790. The summed E-state index contributed by atoms with van der Waals surface area (Å²) < 4.78 is 0. The molecule has 0 spiro atoms. The van der Waals surface area contributed by atoms with Gasteiger partial charge in [-0.15, -0.1) is 0 Å². The van der Waals surface area contributed by atoms with Crippen LogP contribution in [0.3, 0.4) is 0 Å². The maximum absolute atomic E-state index is 9.82. The molecule has 0 unspecified atom stereocenters. The maximum atomic E-state index is 9.82. The van der Waals surface area contributed by atoms with Crippen molar-refractivity contribution in [2.24, 2.45) is 5.73 Å². The van der Waals surface area contributed by atoms with Crippen LogP contribution >= 0.6 is 0 Å². The van der Waals surface area contributed by atoms with E-state index in [-0.39, 0.29) is 0 Å². The van der Waals surface area contributed by atoms with Gasteiger partial charge in [-0.2, -0.15) is 0 Å². The first-order valence-electron chi connectivity index (χ1n) is 2.21. The third-order valence-electron chi connectivity index (χ3n) is 0.774. The molecule has 2 heteroatoms. The van der Waals surface area contributed by atoms with Gasteiger partial charge in [-0.25, -0.2) is 0 Å². The number of rotatable bonds is 2. The number of carbonyl (C=O) groups excluding carboxylic acids is 1. The molecule has 2 nitrogen and oxygen atoms in total. The number of carbonyl (C=O) groups is 1. The molecule has 0 aliphatic rings. The lowest BCUT2D eigenvalue weighted by atomic mass is 10.2. The number of nitrogens with two attached hydrogens (primary N) is 1. The standard InChI is InChI=1S/C5H9NO/c1-2-5(3-6)4-7/h3-4H,2,6H2,1H3/b5-3-. The van der Waals surface area contributed by atoms with E-state index in [1.165, 1.54) is 6.20 Å². The Bertz CT molecular complexity index is 86.1. The fourth-order valence-electron chi connectivity index (χ4n) is 0.240. The smallest absolute Gasteiger partial charge is 0.147 e. The average molecular weight is 99.1 g/mol. The molecule has 0 aromatic carbocycles. The second-order valence-electron chi connectivity index (χ2n) is 1.21. The summed E-state index contributed by atoms with van der Waals surface area (Å²) in [5.41, 5.74) is 5.65. The van der Waals surface area contributed by atoms with Crippen LogP contribution < -0.4 is 5.73 Å². The predicted octanol–water partition coefficient (Wildman–Crippen LogP) is 0.438. The van der Waals surface area contributed by atoms with Crippen molar-refractivity contribution in [2.45, 2.75) is 13.3 Å². The molecule has 0 bridgehead atoms. The van der Waals surface area contributed by atoms with Crippen LogP contribution in [-0.2, 0) is 4.79 Å². The van der Waals surface area contributed by atoms with Gasteiger partial charge in [-0.05, 0) is 6.42 Å². The molecule has 0 atom stereocenters. The van der Waals surface area contributed by atoms with Crippen molar-refractivity contribution < 1.29 is 4.79 Å². The first kappa shape index (κ1) is 6.21. The summed E-state index contributed by atoms with van der Waals surface area (Å²) in [6, 6.07) is 0. The summed E-state index contributed by atoms with van der Waals surface area (Å²) in [4.78, 5) is 9.82. The topological polar surface area (TPSA) is 43.1 Å².